The zero-order valence-electron chi connectivity index (χ0n) is 7.37. The zero-order chi connectivity index (χ0) is 9.97. The van der Waals surface area contributed by atoms with Gasteiger partial charge in [-0.15, -0.1) is 0 Å². The third-order valence-electron chi connectivity index (χ3n) is 1.61. The molecule has 0 radical (unpaired) electrons. The van der Waals surface area contributed by atoms with E-state index in [-0.39, 0.29) is 0 Å². The van der Waals surface area contributed by atoms with Crippen LogP contribution in [0.1, 0.15) is 0 Å². The van der Waals surface area contributed by atoms with E-state index >= 15 is 0 Å². The van der Waals surface area contributed by atoms with Gasteiger partial charge in [0.25, 0.3) is 0 Å². The highest BCUT2D eigenvalue weighted by Crippen LogP contribution is 2.32. The van der Waals surface area contributed by atoms with Crippen molar-refractivity contribution in [2.24, 2.45) is 4.99 Å². The van der Waals surface area contributed by atoms with E-state index in [0.717, 1.165) is 10.6 Å². The number of aliphatic imine (C=N–C) groups is 1. The van der Waals surface area contributed by atoms with Gasteiger partial charge in [0.05, 0.1) is 17.7 Å². The van der Waals surface area contributed by atoms with Gasteiger partial charge in [-0.2, -0.15) is 0 Å². The molecule has 0 unspecified atom stereocenters. The highest BCUT2D eigenvalue weighted by Gasteiger charge is 2.11. The number of benzene rings is 1. The van der Waals surface area contributed by atoms with Gasteiger partial charge in [-0.1, -0.05) is 11.6 Å². The molecule has 74 valence electrons. The highest BCUT2D eigenvalue weighted by atomic mass is 35.5. The van der Waals surface area contributed by atoms with Crippen molar-refractivity contribution in [2.75, 3.05) is 7.11 Å². The third-order valence-corrected chi connectivity index (χ3v) is 2.69. The van der Waals surface area contributed by atoms with Gasteiger partial charge < -0.3 is 0 Å². The quantitative estimate of drug-likeness (QED) is 0.572. The Morgan fingerprint density at radius 3 is 3.21 bits per heavy atom. The molecule has 0 aromatic heterocycles. The van der Waals surface area contributed by atoms with Crippen LogP contribution in [0.3, 0.4) is 0 Å². The summed E-state index contributed by atoms with van der Waals surface area (Å²) in [5.41, 5.74) is 3.50. The van der Waals surface area contributed by atoms with E-state index in [4.69, 9.17) is 16.4 Å². The fourth-order valence-corrected chi connectivity index (χ4v) is 1.98. The maximum Gasteiger partial charge on any atom is 0.231 e. The third kappa shape index (κ3) is 1.95. The van der Waals surface area contributed by atoms with Gasteiger partial charge in [0, 0.05) is 5.02 Å². The molecule has 2 N–H and O–H groups in total. The van der Waals surface area contributed by atoms with Gasteiger partial charge >= 0.3 is 0 Å². The van der Waals surface area contributed by atoms with Crippen molar-refractivity contribution in [3.63, 3.8) is 0 Å². The van der Waals surface area contributed by atoms with E-state index in [2.05, 4.69) is 15.2 Å². The molecule has 0 aliphatic carbocycles. The van der Waals surface area contributed by atoms with E-state index in [1.807, 2.05) is 12.1 Å². The molecule has 0 saturated carbocycles. The summed E-state index contributed by atoms with van der Waals surface area (Å²) in [5.74, 6) is 0.576. The van der Waals surface area contributed by atoms with Gasteiger partial charge in [-0.3, -0.25) is 9.56 Å². The molecule has 1 heterocycles. The molecule has 6 heteroatoms. The van der Waals surface area contributed by atoms with E-state index in [9.17, 15) is 0 Å². The lowest BCUT2D eigenvalue weighted by Crippen LogP contribution is -2.33. The lowest BCUT2D eigenvalue weighted by atomic mass is 10.3. The maximum atomic E-state index is 5.84. The summed E-state index contributed by atoms with van der Waals surface area (Å²) in [6, 6.07) is 5.53. The number of hydrogen-bond donors (Lipinski definition) is 2. The predicted octanol–water partition coefficient (Wildman–Crippen LogP) is 2.09. The summed E-state index contributed by atoms with van der Waals surface area (Å²) in [7, 11) is 1.53. The van der Waals surface area contributed by atoms with Crippen molar-refractivity contribution in [3.8, 4) is 0 Å². The fourth-order valence-electron chi connectivity index (χ4n) is 1.05. The number of guanidine groups is 1. The monoisotopic (exact) mass is 229 g/mol. The predicted molar refractivity (Wildman–Crippen MR) is 57.7 cm³/mol. The number of rotatable bonds is 1. The molecule has 0 fully saturated rings. The minimum atomic E-state index is 0.576. The van der Waals surface area contributed by atoms with Crippen molar-refractivity contribution in [3.05, 3.63) is 23.2 Å². The van der Waals surface area contributed by atoms with Crippen LogP contribution in [0.25, 0.3) is 0 Å². The summed E-state index contributed by atoms with van der Waals surface area (Å²) in [6.07, 6.45) is 0. The van der Waals surface area contributed by atoms with Crippen LogP contribution in [0.2, 0.25) is 5.02 Å². The van der Waals surface area contributed by atoms with Crippen LogP contribution in [0, 0.1) is 0 Å². The first-order chi connectivity index (χ1) is 6.79. The number of nitrogens with zero attached hydrogens (tertiary/aromatic N) is 1. The Labute approximate surface area is 90.8 Å². The minimum absolute atomic E-state index is 0.576. The van der Waals surface area contributed by atoms with Gasteiger partial charge in [0.2, 0.25) is 5.96 Å². The average molecular weight is 230 g/mol. The molecular weight excluding hydrogens is 222 g/mol. The first kappa shape index (κ1) is 9.64. The van der Waals surface area contributed by atoms with E-state index in [1.165, 1.54) is 19.1 Å². The highest BCUT2D eigenvalue weighted by molar-refractivity contribution is 7.98. The van der Waals surface area contributed by atoms with Crippen LogP contribution in [0.4, 0.5) is 5.69 Å². The van der Waals surface area contributed by atoms with Crippen LogP contribution < -0.4 is 10.2 Å². The van der Waals surface area contributed by atoms with Crippen molar-refractivity contribution in [1.82, 2.24) is 10.2 Å². The molecular formula is C8H8ClN3OS. The van der Waals surface area contributed by atoms with Crippen LogP contribution in [-0.2, 0) is 4.84 Å². The SMILES string of the molecule is CONC1=Nc2ccc(Cl)cc2SN1. The van der Waals surface area contributed by atoms with Gasteiger partial charge in [0.15, 0.2) is 0 Å². The van der Waals surface area contributed by atoms with Crippen molar-refractivity contribution >= 4 is 35.2 Å². The van der Waals surface area contributed by atoms with Crippen LogP contribution in [0.15, 0.2) is 28.1 Å². The largest absolute Gasteiger partial charge is 0.294 e. The average Bonchev–Trinajstić information content (AvgIpc) is 2.19. The molecule has 1 aromatic carbocycles. The second-order valence-electron chi connectivity index (χ2n) is 2.58. The molecule has 0 amide bonds. The van der Waals surface area contributed by atoms with Crippen LogP contribution >= 0.6 is 23.5 Å². The molecule has 0 bridgehead atoms. The Morgan fingerprint density at radius 2 is 2.43 bits per heavy atom. The molecule has 1 aromatic rings. The van der Waals surface area contributed by atoms with Crippen molar-refractivity contribution in [1.29, 1.82) is 0 Å². The summed E-state index contributed by atoms with van der Waals surface area (Å²) in [6.45, 7) is 0. The molecule has 0 saturated heterocycles. The number of nitrogens with one attached hydrogen (secondary N) is 2. The Hall–Kier alpha value is -0.910. The summed E-state index contributed by atoms with van der Waals surface area (Å²) >= 11 is 7.29. The summed E-state index contributed by atoms with van der Waals surface area (Å²) in [5, 5.41) is 0.705. The standard InChI is InChI=1S/C8H8ClN3OS/c1-13-11-8-10-6-3-2-5(9)4-7(6)14-12-8/h2-4H,1H3,(H2,10,11,12). The van der Waals surface area contributed by atoms with Crippen molar-refractivity contribution in [2.45, 2.75) is 4.90 Å². The van der Waals surface area contributed by atoms with E-state index in [0.29, 0.717) is 11.0 Å². The fraction of sp³-hybridized carbons (Fsp3) is 0.125. The first-order valence-corrected chi connectivity index (χ1v) is 5.09. The topological polar surface area (TPSA) is 45.6 Å². The van der Waals surface area contributed by atoms with Crippen LogP contribution in [-0.4, -0.2) is 13.1 Å². The lowest BCUT2D eigenvalue weighted by molar-refractivity contribution is 0.142. The van der Waals surface area contributed by atoms with E-state index in [1.54, 1.807) is 6.07 Å². The molecule has 1 aliphatic heterocycles. The summed E-state index contributed by atoms with van der Waals surface area (Å²) in [4.78, 5) is 10.0. The van der Waals surface area contributed by atoms with Crippen LogP contribution in [0.5, 0.6) is 0 Å². The molecule has 2 rings (SSSR count). The zero-order valence-corrected chi connectivity index (χ0v) is 8.95. The second kappa shape index (κ2) is 4.08. The minimum Gasteiger partial charge on any atom is -0.294 e. The Morgan fingerprint density at radius 1 is 1.57 bits per heavy atom. The maximum absolute atomic E-state index is 5.84. The Balaban J connectivity index is 2.30. The number of hydroxylamine groups is 1. The molecule has 1 aliphatic rings. The molecule has 14 heavy (non-hydrogen) atoms. The number of halogens is 1. The summed E-state index contributed by atoms with van der Waals surface area (Å²) < 4.78 is 2.98. The van der Waals surface area contributed by atoms with Crippen molar-refractivity contribution < 1.29 is 4.84 Å². The Kier molecular flexibility index (Phi) is 2.81. The number of hydrogen-bond acceptors (Lipinski definition) is 5. The second-order valence-corrected chi connectivity index (χ2v) is 3.87. The van der Waals surface area contributed by atoms with Gasteiger partial charge in [0.1, 0.15) is 0 Å². The van der Waals surface area contributed by atoms with Gasteiger partial charge in [-0.25, -0.2) is 10.5 Å². The van der Waals surface area contributed by atoms with E-state index < -0.39 is 0 Å². The molecule has 4 nitrogen and oxygen atoms in total. The normalized spacial score (nSPS) is 14.0. The first-order valence-electron chi connectivity index (χ1n) is 3.89. The lowest BCUT2D eigenvalue weighted by Gasteiger charge is -2.16. The molecule has 0 atom stereocenters. The smallest absolute Gasteiger partial charge is 0.231 e. The van der Waals surface area contributed by atoms with Gasteiger partial charge in [-0.05, 0) is 30.1 Å². The Bertz CT molecular complexity index is 383. The number of fused-ring (bicyclic) bond motifs is 1. The molecule has 0 spiro atoms.